The fourth-order valence-electron chi connectivity index (χ4n) is 12.3. The van der Waals surface area contributed by atoms with Crippen LogP contribution in [0, 0.1) is 22.7 Å². The standard InChI is InChI=1S/C51H76N2O10/c1-9-11-13-23-50(24-14-12-10-2)61-41-38-29-51(46(57)52-35(31-54)19-21-40(55)60-47(3,4)5)43(45(56)58-38)53(63-44(51)42(41)62-50)30-33-17-15-16-32(26-33)27-34-18-20-39-49(8,59-39)25-22-37-36(34)28-48(37,6)7/h15-17,26-27,35-39,41-44,54H,9-14,18-25,28-31H2,1-8H3,(H,52,57)/t35-,36+,37+,38+,39?,41-,42-,43+,44+,49+,51+/m0/s1. The second-order valence-electron chi connectivity index (χ2n) is 22.1. The van der Waals surface area contributed by atoms with Gasteiger partial charge < -0.3 is 34.1 Å². The van der Waals surface area contributed by atoms with E-state index in [2.05, 4.69) is 64.2 Å². The molecule has 63 heavy (non-hydrogen) atoms. The summed E-state index contributed by atoms with van der Waals surface area (Å²) < 4.78 is 32.1. The van der Waals surface area contributed by atoms with E-state index in [0.29, 0.717) is 36.2 Å². The molecule has 1 aromatic carbocycles. The highest BCUT2D eigenvalue weighted by atomic mass is 16.8. The minimum atomic E-state index is -1.41. The van der Waals surface area contributed by atoms with Crippen molar-refractivity contribution in [1.29, 1.82) is 0 Å². The first-order valence-corrected chi connectivity index (χ1v) is 24.5. The molecule has 4 aliphatic heterocycles. The predicted octanol–water partition coefficient (Wildman–Crippen LogP) is 8.50. The molecule has 12 heteroatoms. The second kappa shape index (κ2) is 18.1. The number of carbonyl (C=O) groups is 3. The summed E-state index contributed by atoms with van der Waals surface area (Å²) in [6.07, 6.45) is 13.2. The molecule has 3 saturated carbocycles. The molecule has 0 radical (unpaired) electrons. The number of allylic oxidation sites excluding steroid dienone is 1. The lowest BCUT2D eigenvalue weighted by molar-refractivity contribution is -0.224. The van der Waals surface area contributed by atoms with E-state index in [1.54, 1.807) is 25.8 Å². The van der Waals surface area contributed by atoms with Gasteiger partial charge in [-0.15, -0.1) is 0 Å². The van der Waals surface area contributed by atoms with Gasteiger partial charge in [-0.05, 0) is 107 Å². The van der Waals surface area contributed by atoms with Gasteiger partial charge in [0.1, 0.15) is 35.4 Å². The molecular formula is C51H76N2O10. The smallest absolute Gasteiger partial charge is 0.327 e. The predicted molar refractivity (Wildman–Crippen MR) is 238 cm³/mol. The first-order chi connectivity index (χ1) is 29.9. The zero-order valence-electron chi connectivity index (χ0n) is 39.4. The number of amides is 1. The number of aliphatic hydroxyl groups excluding tert-OH is 1. The van der Waals surface area contributed by atoms with Gasteiger partial charge in [0.15, 0.2) is 11.8 Å². The lowest BCUT2D eigenvalue weighted by Gasteiger charge is -2.53. The van der Waals surface area contributed by atoms with Crippen molar-refractivity contribution < 1.29 is 48.0 Å². The molecule has 0 aromatic heterocycles. The van der Waals surface area contributed by atoms with Crippen molar-refractivity contribution in [1.82, 2.24) is 10.4 Å². The quantitative estimate of drug-likeness (QED) is 0.0883. The van der Waals surface area contributed by atoms with Gasteiger partial charge in [0, 0.05) is 25.7 Å². The van der Waals surface area contributed by atoms with Crippen molar-refractivity contribution in [3.63, 3.8) is 0 Å². The largest absolute Gasteiger partial charge is 0.460 e. The monoisotopic (exact) mass is 877 g/mol. The van der Waals surface area contributed by atoms with E-state index in [0.717, 1.165) is 68.9 Å². The maximum absolute atomic E-state index is 15.1. The summed E-state index contributed by atoms with van der Waals surface area (Å²) in [6.45, 7) is 16.7. The number of fused-ring (bicyclic) bond motifs is 6. The Labute approximate surface area is 375 Å². The summed E-state index contributed by atoms with van der Waals surface area (Å²) in [7, 11) is 0. The number of ether oxygens (including phenoxy) is 5. The number of carbonyl (C=O) groups excluding carboxylic acids is 3. The van der Waals surface area contributed by atoms with Crippen LogP contribution in [0.5, 0.6) is 0 Å². The van der Waals surface area contributed by atoms with Gasteiger partial charge in [-0.3, -0.25) is 19.2 Å². The number of hydroxylamine groups is 2. The number of rotatable bonds is 17. The molecule has 350 valence electrons. The molecule has 8 rings (SSSR count). The average molecular weight is 877 g/mol. The van der Waals surface area contributed by atoms with Crippen LogP contribution in [0.2, 0.25) is 0 Å². The number of hydrogen-bond acceptors (Lipinski definition) is 11. The Balaban J connectivity index is 1.08. The van der Waals surface area contributed by atoms with Crippen molar-refractivity contribution in [2.24, 2.45) is 22.7 Å². The van der Waals surface area contributed by atoms with Crippen molar-refractivity contribution >= 4 is 23.9 Å². The van der Waals surface area contributed by atoms with Crippen molar-refractivity contribution in [3.8, 4) is 0 Å². The van der Waals surface area contributed by atoms with Crippen LogP contribution < -0.4 is 5.32 Å². The summed E-state index contributed by atoms with van der Waals surface area (Å²) in [5, 5.41) is 15.2. The highest BCUT2D eigenvalue weighted by molar-refractivity contribution is 5.93. The van der Waals surface area contributed by atoms with Gasteiger partial charge in [-0.25, -0.2) is 0 Å². The normalized spacial score (nSPS) is 36.1. The van der Waals surface area contributed by atoms with Gasteiger partial charge in [-0.1, -0.05) is 89.3 Å². The molecular weight excluding hydrogens is 801 g/mol. The Morgan fingerprint density at radius 1 is 1.00 bits per heavy atom. The van der Waals surface area contributed by atoms with E-state index in [-0.39, 0.29) is 31.4 Å². The van der Waals surface area contributed by atoms with E-state index in [4.69, 9.17) is 28.5 Å². The third kappa shape index (κ3) is 9.42. The molecule has 1 aromatic rings. The number of hydrogen-bond donors (Lipinski definition) is 2. The van der Waals surface area contributed by atoms with Gasteiger partial charge in [-0.2, -0.15) is 5.06 Å². The van der Waals surface area contributed by atoms with Crippen LogP contribution in [0.1, 0.15) is 169 Å². The molecule has 7 aliphatic rings. The molecule has 1 amide bonds. The number of nitrogens with zero attached hydrogens (tertiary/aromatic N) is 1. The summed E-state index contributed by atoms with van der Waals surface area (Å²) in [4.78, 5) is 49.2. The minimum absolute atomic E-state index is 0.00895. The fraction of sp³-hybridized carbons (Fsp3) is 0.784. The molecule has 0 spiro atoms. The highest BCUT2D eigenvalue weighted by Crippen LogP contribution is 2.61. The van der Waals surface area contributed by atoms with Gasteiger partial charge >= 0.3 is 11.9 Å². The van der Waals surface area contributed by atoms with Gasteiger partial charge in [0.05, 0.1) is 30.9 Å². The van der Waals surface area contributed by atoms with Crippen LogP contribution in [0.15, 0.2) is 29.8 Å². The topological polar surface area (TPSA) is 145 Å². The molecule has 4 heterocycles. The zero-order valence-corrected chi connectivity index (χ0v) is 39.4. The number of aliphatic hydroxyl groups is 1. The first-order valence-electron chi connectivity index (χ1n) is 24.5. The van der Waals surface area contributed by atoms with Crippen molar-refractivity contribution in [3.05, 3.63) is 41.0 Å². The van der Waals surface area contributed by atoms with Crippen molar-refractivity contribution in [2.75, 3.05) is 6.61 Å². The lowest BCUT2D eigenvalue weighted by atomic mass is 9.52. The van der Waals surface area contributed by atoms with Crippen LogP contribution >= 0.6 is 0 Å². The van der Waals surface area contributed by atoms with Crippen molar-refractivity contribution in [2.45, 2.75) is 224 Å². The van der Waals surface area contributed by atoms with Crippen LogP contribution in [0.3, 0.4) is 0 Å². The van der Waals surface area contributed by atoms with Crippen LogP contribution in [-0.2, 0) is 49.5 Å². The van der Waals surface area contributed by atoms with Crippen LogP contribution in [-0.4, -0.2) is 94.2 Å². The van der Waals surface area contributed by atoms with Gasteiger partial charge in [0.25, 0.3) is 0 Å². The fourth-order valence-corrected chi connectivity index (χ4v) is 12.3. The Morgan fingerprint density at radius 3 is 2.41 bits per heavy atom. The van der Waals surface area contributed by atoms with E-state index in [9.17, 15) is 14.7 Å². The summed E-state index contributed by atoms with van der Waals surface area (Å²) in [5.41, 5.74) is 1.80. The summed E-state index contributed by atoms with van der Waals surface area (Å²) in [5.74, 6) is -1.07. The minimum Gasteiger partial charge on any atom is -0.460 e. The zero-order chi connectivity index (χ0) is 45.0. The number of benzene rings is 1. The highest BCUT2D eigenvalue weighted by Gasteiger charge is 2.76. The lowest BCUT2D eigenvalue weighted by Crippen LogP contribution is -2.70. The molecule has 11 atom stereocenters. The Bertz CT molecular complexity index is 1860. The van der Waals surface area contributed by atoms with Crippen LogP contribution in [0.4, 0.5) is 0 Å². The SMILES string of the molecule is CCCCCC1(CCCCC)O[C@@H]2[C@H](O1)[C@H]1ON(Cc3cccc(C=C4CCC5O[C@]5(C)CC[C@@H]5[C@@H]4CC5(C)C)c3)[C@@H]3C(=O)O[C@@H]2C[C@]13C(=O)N[C@H](CO)CCC(=O)OC(C)(C)C. The molecule has 2 bridgehead atoms. The maximum Gasteiger partial charge on any atom is 0.327 e. The maximum atomic E-state index is 15.1. The van der Waals surface area contributed by atoms with E-state index in [1.807, 2.05) is 6.07 Å². The number of unbranched alkanes of at least 4 members (excludes halogenated alkanes) is 4. The van der Waals surface area contributed by atoms with E-state index >= 15 is 4.79 Å². The third-order valence-electron chi connectivity index (χ3n) is 15.7. The molecule has 7 fully saturated rings. The Morgan fingerprint density at radius 2 is 1.73 bits per heavy atom. The summed E-state index contributed by atoms with van der Waals surface area (Å²) in [6, 6.07) is 6.59. The van der Waals surface area contributed by atoms with Crippen LogP contribution in [0.25, 0.3) is 6.08 Å². The summed E-state index contributed by atoms with van der Waals surface area (Å²) >= 11 is 0. The number of esters is 2. The average Bonchev–Trinajstić information content (AvgIpc) is 3.50. The third-order valence-corrected chi connectivity index (χ3v) is 15.7. The van der Waals surface area contributed by atoms with E-state index in [1.165, 1.54) is 18.4 Å². The molecule has 12 nitrogen and oxygen atoms in total. The molecule has 4 saturated heterocycles. The number of epoxide rings is 1. The Hall–Kier alpha value is -2.87. The van der Waals surface area contributed by atoms with Gasteiger partial charge in [0.2, 0.25) is 5.91 Å². The number of nitrogens with one attached hydrogen (secondary N) is 1. The van der Waals surface area contributed by atoms with E-state index < -0.39 is 77.8 Å². The Kier molecular flexibility index (Phi) is 13.4. The first kappa shape index (κ1) is 46.7. The molecule has 2 N–H and O–H groups in total. The second-order valence-corrected chi connectivity index (χ2v) is 22.1. The molecule has 3 aliphatic carbocycles. The molecule has 1 unspecified atom stereocenters.